The van der Waals surface area contributed by atoms with Crippen molar-refractivity contribution in [2.24, 2.45) is 0 Å². The van der Waals surface area contributed by atoms with Crippen LogP contribution in [0.25, 0.3) is 0 Å². The fourth-order valence-electron chi connectivity index (χ4n) is 1.96. The molecule has 1 aliphatic heterocycles. The lowest BCUT2D eigenvalue weighted by atomic mass is 10.1. The zero-order chi connectivity index (χ0) is 12.5. The van der Waals surface area contributed by atoms with E-state index in [2.05, 4.69) is 5.32 Å². The fourth-order valence-corrected chi connectivity index (χ4v) is 1.96. The van der Waals surface area contributed by atoms with E-state index in [1.807, 2.05) is 0 Å². The highest BCUT2D eigenvalue weighted by atomic mass is 19.4. The number of hydroxylamine groups is 2. The third-order valence-corrected chi connectivity index (χ3v) is 2.97. The van der Waals surface area contributed by atoms with Crippen molar-refractivity contribution in [1.29, 1.82) is 0 Å². The summed E-state index contributed by atoms with van der Waals surface area (Å²) >= 11 is 0. The van der Waals surface area contributed by atoms with Crippen molar-refractivity contribution < 1.29 is 18.4 Å². The van der Waals surface area contributed by atoms with Crippen LogP contribution < -0.4 is 9.96 Å². The van der Waals surface area contributed by atoms with Crippen LogP contribution in [0, 0.1) is 0 Å². The molecule has 0 spiro atoms. The van der Waals surface area contributed by atoms with Crippen LogP contribution in [0.3, 0.4) is 0 Å². The Balaban J connectivity index is 2.32. The molecule has 1 aromatic rings. The van der Waals surface area contributed by atoms with Crippen molar-refractivity contribution in [1.82, 2.24) is 9.96 Å². The number of nitrogens with one attached hydrogen (secondary N) is 1. The Kier molecular flexibility index (Phi) is 3.11. The van der Waals surface area contributed by atoms with E-state index < -0.39 is 16.4 Å². The normalized spacial score (nSPS) is 20.2. The molecule has 17 heavy (non-hydrogen) atoms. The number of benzene rings is 1. The Morgan fingerprint density at radius 3 is 2.41 bits per heavy atom. The number of hydrogen-bond acceptors (Lipinski definition) is 2. The van der Waals surface area contributed by atoms with Crippen molar-refractivity contribution in [2.45, 2.75) is 6.18 Å². The van der Waals surface area contributed by atoms with Gasteiger partial charge in [-0.2, -0.15) is 13.2 Å². The van der Waals surface area contributed by atoms with Crippen LogP contribution in [0.1, 0.15) is 5.56 Å². The van der Waals surface area contributed by atoms with Gasteiger partial charge in [0.2, 0.25) is 0 Å². The number of rotatable bonds is 1. The van der Waals surface area contributed by atoms with Crippen molar-refractivity contribution in [2.75, 3.05) is 26.2 Å². The number of hydrogen-bond donors (Lipinski definition) is 2. The number of piperazine rings is 1. The Morgan fingerprint density at radius 2 is 1.82 bits per heavy atom. The van der Waals surface area contributed by atoms with Crippen LogP contribution in [-0.2, 0) is 6.18 Å². The SMILES string of the molecule is O[N+]1(c2cccc(C(F)(F)F)c2)CCNCC1. The molecule has 0 bridgehead atoms. The van der Waals surface area contributed by atoms with E-state index in [1.165, 1.54) is 12.1 Å². The molecule has 0 aliphatic carbocycles. The minimum absolute atomic E-state index is 0.293. The number of nitrogens with zero attached hydrogens (tertiary/aromatic N) is 1. The largest absolute Gasteiger partial charge is 0.416 e. The Hall–Kier alpha value is -1.11. The van der Waals surface area contributed by atoms with Crippen LogP contribution in [0.4, 0.5) is 18.9 Å². The first-order valence-corrected chi connectivity index (χ1v) is 5.40. The molecule has 3 nitrogen and oxygen atoms in total. The Morgan fingerprint density at radius 1 is 1.18 bits per heavy atom. The molecule has 1 heterocycles. The topological polar surface area (TPSA) is 32.3 Å². The van der Waals surface area contributed by atoms with Gasteiger partial charge in [-0.1, -0.05) is 6.07 Å². The van der Waals surface area contributed by atoms with Gasteiger partial charge in [-0.05, 0) is 6.07 Å². The highest BCUT2D eigenvalue weighted by molar-refractivity contribution is 5.44. The van der Waals surface area contributed by atoms with E-state index >= 15 is 0 Å². The monoisotopic (exact) mass is 247 g/mol. The molecule has 1 aromatic carbocycles. The van der Waals surface area contributed by atoms with Gasteiger partial charge >= 0.3 is 6.18 Å². The quantitative estimate of drug-likeness (QED) is 0.744. The lowest BCUT2D eigenvalue weighted by molar-refractivity contribution is -0.138. The van der Waals surface area contributed by atoms with Crippen LogP contribution in [-0.4, -0.2) is 31.4 Å². The summed E-state index contributed by atoms with van der Waals surface area (Å²) in [7, 11) is 0. The van der Waals surface area contributed by atoms with Gasteiger partial charge in [0.05, 0.1) is 5.56 Å². The lowest BCUT2D eigenvalue weighted by Crippen LogP contribution is -2.57. The summed E-state index contributed by atoms with van der Waals surface area (Å²) in [6, 6.07) is 4.89. The second-order valence-corrected chi connectivity index (χ2v) is 4.17. The molecule has 0 saturated carbocycles. The molecule has 0 amide bonds. The average Bonchev–Trinajstić information content (AvgIpc) is 2.29. The number of halogens is 3. The maximum Gasteiger partial charge on any atom is 0.416 e. The van der Waals surface area contributed by atoms with Crippen LogP contribution in [0.5, 0.6) is 0 Å². The van der Waals surface area contributed by atoms with Gasteiger partial charge in [0.1, 0.15) is 13.1 Å². The second-order valence-electron chi connectivity index (χ2n) is 4.17. The molecular formula is C11H14F3N2O+. The van der Waals surface area contributed by atoms with Crippen molar-refractivity contribution in [3.8, 4) is 0 Å². The standard InChI is InChI=1S/C11H14F3N2O/c12-11(13,14)9-2-1-3-10(8-9)16(17)6-4-15-5-7-16/h1-3,8,15,17H,4-7H2/q+1. The molecule has 1 aliphatic rings. The molecular weight excluding hydrogens is 233 g/mol. The van der Waals surface area contributed by atoms with Gasteiger partial charge in [-0.3, -0.25) is 0 Å². The lowest BCUT2D eigenvalue weighted by Gasteiger charge is -2.33. The maximum absolute atomic E-state index is 12.6. The summed E-state index contributed by atoms with van der Waals surface area (Å²) in [5, 5.41) is 13.3. The van der Waals surface area contributed by atoms with Crippen molar-refractivity contribution >= 4 is 5.69 Å². The molecule has 0 aromatic heterocycles. The van der Waals surface area contributed by atoms with Gasteiger partial charge in [-0.25, -0.2) is 5.21 Å². The van der Waals surface area contributed by atoms with Gasteiger partial charge in [0, 0.05) is 25.2 Å². The predicted octanol–water partition coefficient (Wildman–Crippen LogP) is 2.01. The average molecular weight is 247 g/mol. The first-order chi connectivity index (χ1) is 7.92. The van der Waals surface area contributed by atoms with E-state index in [9.17, 15) is 18.4 Å². The van der Waals surface area contributed by atoms with Gasteiger partial charge < -0.3 is 5.32 Å². The van der Waals surface area contributed by atoms with Crippen LogP contribution in [0.15, 0.2) is 24.3 Å². The zero-order valence-electron chi connectivity index (χ0n) is 9.17. The molecule has 1 fully saturated rings. The third-order valence-electron chi connectivity index (χ3n) is 2.97. The third kappa shape index (κ3) is 2.59. The van der Waals surface area contributed by atoms with E-state index in [1.54, 1.807) is 0 Å². The second kappa shape index (κ2) is 4.29. The van der Waals surface area contributed by atoms with E-state index in [-0.39, 0.29) is 0 Å². The van der Waals surface area contributed by atoms with E-state index in [4.69, 9.17) is 0 Å². The Labute approximate surface area is 97.0 Å². The summed E-state index contributed by atoms with van der Waals surface area (Å²) in [4.78, 5) is 0. The molecule has 1 saturated heterocycles. The molecule has 6 heteroatoms. The van der Waals surface area contributed by atoms with E-state index in [0.29, 0.717) is 31.9 Å². The van der Waals surface area contributed by atoms with Gasteiger partial charge in [0.15, 0.2) is 5.69 Å². The summed E-state index contributed by atoms with van der Waals surface area (Å²) in [6.07, 6.45) is -4.37. The number of quaternary nitrogens is 1. The molecule has 2 N–H and O–H groups in total. The zero-order valence-corrected chi connectivity index (χ0v) is 9.17. The molecule has 94 valence electrons. The highest BCUT2D eigenvalue weighted by Crippen LogP contribution is 2.33. The Bertz CT molecular complexity index is 400. The van der Waals surface area contributed by atoms with Gasteiger partial charge in [-0.15, -0.1) is 4.65 Å². The van der Waals surface area contributed by atoms with Crippen LogP contribution in [0.2, 0.25) is 0 Å². The molecule has 0 radical (unpaired) electrons. The highest BCUT2D eigenvalue weighted by Gasteiger charge is 2.35. The minimum Gasteiger partial charge on any atom is -0.306 e. The summed E-state index contributed by atoms with van der Waals surface area (Å²) < 4.78 is 37.2. The first kappa shape index (κ1) is 12.3. The fraction of sp³-hybridized carbons (Fsp3) is 0.455. The first-order valence-electron chi connectivity index (χ1n) is 5.40. The number of alkyl halides is 3. The van der Waals surface area contributed by atoms with Crippen molar-refractivity contribution in [3.05, 3.63) is 29.8 Å². The van der Waals surface area contributed by atoms with Crippen molar-refractivity contribution in [3.63, 3.8) is 0 Å². The van der Waals surface area contributed by atoms with E-state index in [0.717, 1.165) is 12.1 Å². The summed E-state index contributed by atoms with van der Waals surface area (Å²) in [6.45, 7) is 1.93. The molecule has 2 rings (SSSR count). The summed E-state index contributed by atoms with van der Waals surface area (Å²) in [5.74, 6) is 0. The predicted molar refractivity (Wildman–Crippen MR) is 57.6 cm³/mol. The smallest absolute Gasteiger partial charge is 0.306 e. The molecule has 0 unspecified atom stereocenters. The van der Waals surface area contributed by atoms with Gasteiger partial charge in [0.25, 0.3) is 0 Å². The minimum atomic E-state index is -4.37. The molecule has 0 atom stereocenters. The summed E-state index contributed by atoms with van der Waals surface area (Å²) in [5.41, 5.74) is -0.429. The maximum atomic E-state index is 12.6. The van der Waals surface area contributed by atoms with Crippen LogP contribution >= 0.6 is 0 Å².